The molecule has 0 saturated heterocycles. The molecule has 2 aromatic carbocycles. The molecule has 4 rings (SSSR count). The van der Waals surface area contributed by atoms with E-state index in [2.05, 4.69) is 10.3 Å². The normalized spacial score (nSPS) is 11.3. The van der Waals surface area contributed by atoms with Gasteiger partial charge in [0.05, 0.1) is 12.9 Å². The predicted octanol–water partition coefficient (Wildman–Crippen LogP) is 3.27. The van der Waals surface area contributed by atoms with E-state index >= 15 is 0 Å². The third-order valence-corrected chi connectivity index (χ3v) is 5.65. The van der Waals surface area contributed by atoms with Gasteiger partial charge in [0.15, 0.2) is 11.2 Å². The molecule has 2 heterocycles. The Bertz CT molecular complexity index is 1430. The number of hydrogen-bond acceptors (Lipinski definition) is 4. The molecule has 176 valence electrons. The molecule has 1 N–H and O–H groups in total. The zero-order valence-electron chi connectivity index (χ0n) is 19.7. The van der Waals surface area contributed by atoms with Gasteiger partial charge in [0.2, 0.25) is 5.91 Å². The van der Waals surface area contributed by atoms with Gasteiger partial charge in [-0.15, -0.1) is 0 Å². The molecular weight excluding hydrogens is 430 g/mol. The number of nitrogens with one attached hydrogen (secondary N) is 1. The Labute approximate surface area is 197 Å². The molecule has 0 spiro atoms. The standard InChI is InChI=1S/C26H29N5O3/c1-4-19-11-8-12-21(13-19)28-22(32)16-31-25(33)23-24(27-17-29(23)14-18(2)3)30(26(31)34)15-20-9-6-5-7-10-20/h5-13,17-18H,4,14-16H2,1-3H3,(H,28,32). The van der Waals surface area contributed by atoms with Gasteiger partial charge in [-0.2, -0.15) is 0 Å². The predicted molar refractivity (Wildman–Crippen MR) is 133 cm³/mol. The molecular formula is C26H29N5O3. The van der Waals surface area contributed by atoms with Crippen LogP contribution in [-0.2, 0) is 30.8 Å². The van der Waals surface area contributed by atoms with Crippen molar-refractivity contribution in [1.29, 1.82) is 0 Å². The first-order valence-corrected chi connectivity index (χ1v) is 11.5. The van der Waals surface area contributed by atoms with Crippen LogP contribution in [0.15, 0.2) is 70.5 Å². The molecule has 8 nitrogen and oxygen atoms in total. The number of benzene rings is 2. The third-order valence-electron chi connectivity index (χ3n) is 5.65. The van der Waals surface area contributed by atoms with Gasteiger partial charge < -0.3 is 9.88 Å². The number of carbonyl (C=O) groups is 1. The van der Waals surface area contributed by atoms with E-state index < -0.39 is 17.2 Å². The van der Waals surface area contributed by atoms with Crippen molar-refractivity contribution in [3.05, 3.63) is 92.9 Å². The lowest BCUT2D eigenvalue weighted by Crippen LogP contribution is -2.43. The van der Waals surface area contributed by atoms with Gasteiger partial charge in [0.25, 0.3) is 5.56 Å². The first-order chi connectivity index (χ1) is 16.4. The van der Waals surface area contributed by atoms with Crippen molar-refractivity contribution in [2.75, 3.05) is 5.32 Å². The number of fused-ring (bicyclic) bond motifs is 1. The number of aryl methyl sites for hydroxylation is 1. The zero-order chi connectivity index (χ0) is 24.2. The van der Waals surface area contributed by atoms with Crippen LogP contribution >= 0.6 is 0 Å². The van der Waals surface area contributed by atoms with E-state index in [0.29, 0.717) is 23.4 Å². The summed E-state index contributed by atoms with van der Waals surface area (Å²) in [6, 6.07) is 17.0. The summed E-state index contributed by atoms with van der Waals surface area (Å²) in [7, 11) is 0. The maximum Gasteiger partial charge on any atom is 0.333 e. The average Bonchev–Trinajstić information content (AvgIpc) is 3.23. The second-order valence-corrected chi connectivity index (χ2v) is 8.81. The molecule has 0 saturated carbocycles. The van der Waals surface area contributed by atoms with Gasteiger partial charge in [-0.1, -0.05) is 63.2 Å². The second kappa shape index (κ2) is 9.91. The minimum Gasteiger partial charge on any atom is -0.325 e. The molecule has 4 aromatic rings. The van der Waals surface area contributed by atoms with Crippen LogP contribution in [0, 0.1) is 5.92 Å². The third kappa shape index (κ3) is 4.85. The highest BCUT2D eigenvalue weighted by Crippen LogP contribution is 2.13. The Balaban J connectivity index is 1.77. The summed E-state index contributed by atoms with van der Waals surface area (Å²) in [5.41, 5.74) is 2.19. The van der Waals surface area contributed by atoms with E-state index in [1.807, 2.05) is 69.3 Å². The van der Waals surface area contributed by atoms with Crippen molar-refractivity contribution in [1.82, 2.24) is 18.7 Å². The minimum absolute atomic E-state index is 0.245. The molecule has 1 amide bonds. The van der Waals surface area contributed by atoms with Crippen molar-refractivity contribution in [3.63, 3.8) is 0 Å². The molecule has 8 heteroatoms. The number of carbonyl (C=O) groups excluding carboxylic acids is 1. The molecule has 34 heavy (non-hydrogen) atoms. The highest BCUT2D eigenvalue weighted by Gasteiger charge is 2.20. The zero-order valence-corrected chi connectivity index (χ0v) is 19.7. The molecule has 0 radical (unpaired) electrons. The summed E-state index contributed by atoms with van der Waals surface area (Å²) in [6.45, 7) is 6.56. The average molecular weight is 460 g/mol. The summed E-state index contributed by atoms with van der Waals surface area (Å²) < 4.78 is 4.24. The van der Waals surface area contributed by atoms with Gasteiger partial charge in [0, 0.05) is 12.2 Å². The van der Waals surface area contributed by atoms with Gasteiger partial charge >= 0.3 is 5.69 Å². The molecule has 0 aliphatic carbocycles. The fraction of sp³-hybridized carbons (Fsp3) is 0.308. The lowest BCUT2D eigenvalue weighted by molar-refractivity contribution is -0.116. The van der Waals surface area contributed by atoms with E-state index in [9.17, 15) is 14.4 Å². The number of amides is 1. The largest absolute Gasteiger partial charge is 0.333 e. The van der Waals surface area contributed by atoms with Crippen LogP contribution < -0.4 is 16.6 Å². The summed E-state index contributed by atoms with van der Waals surface area (Å²) in [5, 5.41) is 2.81. The molecule has 2 aromatic heterocycles. The molecule has 0 bridgehead atoms. The lowest BCUT2D eigenvalue weighted by Gasteiger charge is -2.14. The molecule has 0 fully saturated rings. The van der Waals surface area contributed by atoms with Gasteiger partial charge in [-0.25, -0.2) is 14.3 Å². The van der Waals surface area contributed by atoms with Crippen molar-refractivity contribution in [3.8, 4) is 0 Å². The summed E-state index contributed by atoms with van der Waals surface area (Å²) >= 11 is 0. The number of imidazole rings is 1. The molecule has 0 aliphatic heterocycles. The monoisotopic (exact) mass is 459 g/mol. The molecule has 0 atom stereocenters. The maximum absolute atomic E-state index is 13.4. The first-order valence-electron chi connectivity index (χ1n) is 11.5. The SMILES string of the molecule is CCc1cccc(NC(=O)Cn2c(=O)c3c(ncn3CC(C)C)n(Cc3ccccc3)c2=O)c1. The Morgan fingerprint density at radius 2 is 1.74 bits per heavy atom. The summed E-state index contributed by atoms with van der Waals surface area (Å²) in [6.07, 6.45) is 2.43. The number of anilines is 1. The van der Waals surface area contributed by atoms with Crippen LogP contribution in [0.25, 0.3) is 11.2 Å². The number of aromatic nitrogens is 4. The Kier molecular flexibility index (Phi) is 6.77. The van der Waals surface area contributed by atoms with Crippen molar-refractivity contribution in [2.24, 2.45) is 5.92 Å². The van der Waals surface area contributed by atoms with E-state index in [4.69, 9.17) is 0 Å². The Hall–Kier alpha value is -3.94. The van der Waals surface area contributed by atoms with E-state index in [-0.39, 0.29) is 19.0 Å². The molecule has 0 unspecified atom stereocenters. The van der Waals surface area contributed by atoms with Crippen LogP contribution in [0.3, 0.4) is 0 Å². The molecule has 0 aliphatic rings. The van der Waals surface area contributed by atoms with E-state index in [0.717, 1.165) is 22.1 Å². The fourth-order valence-electron chi connectivity index (χ4n) is 4.03. The van der Waals surface area contributed by atoms with E-state index in [1.54, 1.807) is 17.0 Å². The van der Waals surface area contributed by atoms with Crippen LogP contribution in [0.4, 0.5) is 5.69 Å². The van der Waals surface area contributed by atoms with Crippen molar-refractivity contribution < 1.29 is 4.79 Å². The number of hydrogen-bond donors (Lipinski definition) is 1. The highest BCUT2D eigenvalue weighted by atomic mass is 16.2. The van der Waals surface area contributed by atoms with Crippen LogP contribution in [0.1, 0.15) is 31.9 Å². The van der Waals surface area contributed by atoms with E-state index in [1.165, 1.54) is 4.57 Å². The highest BCUT2D eigenvalue weighted by molar-refractivity contribution is 5.90. The second-order valence-electron chi connectivity index (χ2n) is 8.81. The smallest absolute Gasteiger partial charge is 0.325 e. The topological polar surface area (TPSA) is 90.9 Å². The lowest BCUT2D eigenvalue weighted by atomic mass is 10.1. The number of nitrogens with zero attached hydrogens (tertiary/aromatic N) is 4. The fourth-order valence-corrected chi connectivity index (χ4v) is 4.03. The van der Waals surface area contributed by atoms with Crippen LogP contribution in [-0.4, -0.2) is 24.6 Å². The Morgan fingerprint density at radius 1 is 1.00 bits per heavy atom. The quantitative estimate of drug-likeness (QED) is 0.438. The van der Waals surface area contributed by atoms with Crippen LogP contribution in [0.2, 0.25) is 0 Å². The first kappa shape index (κ1) is 23.2. The van der Waals surface area contributed by atoms with Crippen molar-refractivity contribution >= 4 is 22.8 Å². The van der Waals surface area contributed by atoms with Crippen molar-refractivity contribution in [2.45, 2.75) is 46.8 Å². The maximum atomic E-state index is 13.4. The van der Waals surface area contributed by atoms with Gasteiger partial charge in [-0.3, -0.25) is 14.2 Å². The minimum atomic E-state index is -0.561. The van der Waals surface area contributed by atoms with Gasteiger partial charge in [-0.05, 0) is 35.6 Å². The van der Waals surface area contributed by atoms with Crippen LogP contribution in [0.5, 0.6) is 0 Å². The Morgan fingerprint density at radius 3 is 2.44 bits per heavy atom. The van der Waals surface area contributed by atoms with Gasteiger partial charge in [0.1, 0.15) is 6.54 Å². The number of rotatable bonds is 8. The summed E-state index contributed by atoms with van der Waals surface area (Å²) in [5.74, 6) is -0.165. The summed E-state index contributed by atoms with van der Waals surface area (Å²) in [4.78, 5) is 44.1.